The molecule has 1 saturated heterocycles. The third-order valence-electron chi connectivity index (χ3n) is 3.59. The Kier molecular flexibility index (Phi) is 4.89. The van der Waals surface area contributed by atoms with Gasteiger partial charge in [-0.1, -0.05) is 13.8 Å². The average molecular weight is 278 g/mol. The maximum atomic E-state index is 12.3. The van der Waals surface area contributed by atoms with E-state index >= 15 is 0 Å². The number of aromatic nitrogens is 2. The zero-order chi connectivity index (χ0) is 14.5. The normalized spacial score (nSPS) is 22.6. The van der Waals surface area contributed by atoms with Gasteiger partial charge in [0.05, 0.1) is 6.10 Å². The van der Waals surface area contributed by atoms with E-state index in [9.17, 15) is 9.90 Å². The van der Waals surface area contributed by atoms with Crippen LogP contribution in [0.5, 0.6) is 0 Å². The number of rotatable bonds is 4. The van der Waals surface area contributed by atoms with Crippen LogP contribution < -0.4 is 5.32 Å². The van der Waals surface area contributed by atoms with Crippen molar-refractivity contribution in [2.75, 3.05) is 25.0 Å². The molecule has 6 heteroatoms. The molecule has 1 amide bonds. The molecule has 2 atom stereocenters. The number of hydrogen-bond donors (Lipinski definition) is 2. The van der Waals surface area contributed by atoms with Gasteiger partial charge in [0.25, 0.3) is 5.91 Å². The highest BCUT2D eigenvalue weighted by Crippen LogP contribution is 2.18. The molecular weight excluding hydrogens is 256 g/mol. The van der Waals surface area contributed by atoms with Gasteiger partial charge in [-0.15, -0.1) is 10.2 Å². The van der Waals surface area contributed by atoms with Crippen molar-refractivity contribution >= 4 is 11.7 Å². The van der Waals surface area contributed by atoms with E-state index in [1.54, 1.807) is 17.0 Å². The van der Waals surface area contributed by atoms with Gasteiger partial charge in [0.2, 0.25) is 0 Å². The summed E-state index contributed by atoms with van der Waals surface area (Å²) in [5.74, 6) is 0.676. The molecule has 1 aliphatic rings. The van der Waals surface area contributed by atoms with Crippen molar-refractivity contribution in [2.45, 2.75) is 32.8 Å². The molecule has 2 rings (SSSR count). The van der Waals surface area contributed by atoms with Crippen LogP contribution in [0.4, 0.5) is 5.82 Å². The van der Waals surface area contributed by atoms with E-state index in [-0.39, 0.29) is 17.9 Å². The Balaban J connectivity index is 1.98. The molecule has 2 unspecified atom stereocenters. The van der Waals surface area contributed by atoms with Crippen LogP contribution in [0, 0.1) is 5.92 Å². The van der Waals surface area contributed by atoms with Crippen molar-refractivity contribution in [3.05, 3.63) is 17.8 Å². The van der Waals surface area contributed by atoms with Crippen molar-refractivity contribution in [3.63, 3.8) is 0 Å². The molecule has 110 valence electrons. The van der Waals surface area contributed by atoms with E-state index in [1.807, 2.05) is 6.92 Å². The molecule has 1 aromatic rings. The van der Waals surface area contributed by atoms with Crippen molar-refractivity contribution in [2.24, 2.45) is 5.92 Å². The number of carbonyl (C=O) groups is 1. The summed E-state index contributed by atoms with van der Waals surface area (Å²) in [5, 5.41) is 20.8. The Hall–Kier alpha value is -1.69. The monoisotopic (exact) mass is 278 g/mol. The van der Waals surface area contributed by atoms with Gasteiger partial charge < -0.3 is 15.3 Å². The van der Waals surface area contributed by atoms with Crippen LogP contribution in [-0.2, 0) is 0 Å². The standard InChI is InChI=1S/C14H22N4O2/c1-3-7-15-13-5-4-11(16-17-13)14(20)18-8-6-12(19)10(2)9-18/h4-5,10,12,19H,3,6-9H2,1-2H3,(H,15,17). The first-order chi connectivity index (χ1) is 9.61. The summed E-state index contributed by atoms with van der Waals surface area (Å²) >= 11 is 0. The van der Waals surface area contributed by atoms with Crippen molar-refractivity contribution in [1.82, 2.24) is 15.1 Å². The zero-order valence-electron chi connectivity index (χ0n) is 12.0. The Morgan fingerprint density at radius 3 is 2.90 bits per heavy atom. The highest BCUT2D eigenvalue weighted by atomic mass is 16.3. The summed E-state index contributed by atoms with van der Waals surface area (Å²) < 4.78 is 0. The van der Waals surface area contributed by atoms with Gasteiger partial charge >= 0.3 is 0 Å². The second-order valence-electron chi connectivity index (χ2n) is 5.32. The maximum absolute atomic E-state index is 12.3. The molecule has 2 heterocycles. The lowest BCUT2D eigenvalue weighted by Gasteiger charge is -2.34. The van der Waals surface area contributed by atoms with Crippen LogP contribution >= 0.6 is 0 Å². The number of nitrogens with zero attached hydrogens (tertiary/aromatic N) is 3. The molecule has 0 aromatic carbocycles. The summed E-state index contributed by atoms with van der Waals surface area (Å²) in [4.78, 5) is 14.0. The topological polar surface area (TPSA) is 78.4 Å². The number of nitrogens with one attached hydrogen (secondary N) is 1. The number of likely N-dealkylation sites (tertiary alicyclic amines) is 1. The summed E-state index contributed by atoms with van der Waals surface area (Å²) in [6.45, 7) is 6.00. The van der Waals surface area contributed by atoms with Gasteiger partial charge in [-0.2, -0.15) is 0 Å². The number of amides is 1. The number of piperidine rings is 1. The molecule has 6 nitrogen and oxygen atoms in total. The number of hydrogen-bond acceptors (Lipinski definition) is 5. The Morgan fingerprint density at radius 2 is 2.30 bits per heavy atom. The molecule has 0 saturated carbocycles. The second-order valence-corrected chi connectivity index (χ2v) is 5.32. The first kappa shape index (κ1) is 14.7. The molecule has 1 fully saturated rings. The first-order valence-electron chi connectivity index (χ1n) is 7.16. The van der Waals surface area contributed by atoms with Gasteiger partial charge in [-0.25, -0.2) is 0 Å². The molecule has 20 heavy (non-hydrogen) atoms. The lowest BCUT2D eigenvalue weighted by Crippen LogP contribution is -2.45. The Labute approximate surface area is 119 Å². The summed E-state index contributed by atoms with van der Waals surface area (Å²) in [6, 6.07) is 3.47. The van der Waals surface area contributed by atoms with Crippen LogP contribution in [0.25, 0.3) is 0 Å². The number of carbonyl (C=O) groups excluding carboxylic acids is 1. The van der Waals surface area contributed by atoms with Crippen LogP contribution in [0.3, 0.4) is 0 Å². The minimum atomic E-state index is -0.314. The van der Waals surface area contributed by atoms with Crippen LogP contribution in [0.1, 0.15) is 37.2 Å². The van der Waals surface area contributed by atoms with Crippen LogP contribution in [0.15, 0.2) is 12.1 Å². The van der Waals surface area contributed by atoms with Gasteiger partial charge in [0.15, 0.2) is 5.69 Å². The summed E-state index contributed by atoms with van der Waals surface area (Å²) in [5.41, 5.74) is 0.357. The smallest absolute Gasteiger partial charge is 0.274 e. The molecule has 1 aromatic heterocycles. The Morgan fingerprint density at radius 1 is 1.50 bits per heavy atom. The predicted octanol–water partition coefficient (Wildman–Crippen LogP) is 1.14. The highest BCUT2D eigenvalue weighted by molar-refractivity contribution is 5.92. The van der Waals surface area contributed by atoms with Gasteiger partial charge in [-0.3, -0.25) is 4.79 Å². The largest absolute Gasteiger partial charge is 0.393 e. The van der Waals surface area contributed by atoms with Gasteiger partial charge in [-0.05, 0) is 30.9 Å². The fourth-order valence-electron chi connectivity index (χ4n) is 2.27. The van der Waals surface area contributed by atoms with Crippen molar-refractivity contribution in [1.29, 1.82) is 0 Å². The third kappa shape index (κ3) is 3.45. The number of aliphatic hydroxyl groups excluding tert-OH is 1. The lowest BCUT2D eigenvalue weighted by molar-refractivity contribution is 0.0293. The first-order valence-corrected chi connectivity index (χ1v) is 7.16. The molecular formula is C14H22N4O2. The predicted molar refractivity (Wildman–Crippen MR) is 76.5 cm³/mol. The van der Waals surface area contributed by atoms with Crippen LogP contribution in [0.2, 0.25) is 0 Å². The minimum absolute atomic E-state index is 0.103. The quantitative estimate of drug-likeness (QED) is 0.863. The average Bonchev–Trinajstić information content (AvgIpc) is 2.48. The van der Waals surface area contributed by atoms with E-state index in [0.29, 0.717) is 31.0 Å². The SMILES string of the molecule is CCCNc1ccc(C(=O)N2CCC(O)C(C)C2)nn1. The fourth-order valence-corrected chi connectivity index (χ4v) is 2.27. The van der Waals surface area contributed by atoms with Gasteiger partial charge in [0.1, 0.15) is 5.82 Å². The lowest BCUT2D eigenvalue weighted by atomic mass is 9.96. The van der Waals surface area contributed by atoms with E-state index in [0.717, 1.165) is 13.0 Å². The summed E-state index contributed by atoms with van der Waals surface area (Å²) in [6.07, 6.45) is 1.32. The van der Waals surface area contributed by atoms with Crippen molar-refractivity contribution in [3.8, 4) is 0 Å². The Bertz CT molecular complexity index is 449. The highest BCUT2D eigenvalue weighted by Gasteiger charge is 2.28. The second kappa shape index (κ2) is 6.65. The van der Waals surface area contributed by atoms with Gasteiger partial charge in [0, 0.05) is 19.6 Å². The molecule has 0 spiro atoms. The molecule has 0 radical (unpaired) electrons. The van der Waals surface area contributed by atoms with E-state index < -0.39 is 0 Å². The fraction of sp³-hybridized carbons (Fsp3) is 0.643. The van der Waals surface area contributed by atoms with E-state index in [2.05, 4.69) is 22.4 Å². The third-order valence-corrected chi connectivity index (χ3v) is 3.59. The molecule has 1 aliphatic heterocycles. The molecule has 0 bridgehead atoms. The number of aliphatic hydroxyl groups is 1. The maximum Gasteiger partial charge on any atom is 0.274 e. The minimum Gasteiger partial charge on any atom is -0.393 e. The molecule has 2 N–H and O–H groups in total. The van der Waals surface area contributed by atoms with Crippen molar-refractivity contribution < 1.29 is 9.90 Å². The number of anilines is 1. The zero-order valence-corrected chi connectivity index (χ0v) is 12.0. The van der Waals surface area contributed by atoms with E-state index in [1.165, 1.54) is 0 Å². The van der Waals surface area contributed by atoms with Crippen LogP contribution in [-0.4, -0.2) is 51.8 Å². The van der Waals surface area contributed by atoms with E-state index in [4.69, 9.17) is 0 Å². The summed E-state index contributed by atoms with van der Waals surface area (Å²) in [7, 11) is 0. The molecule has 0 aliphatic carbocycles.